The Morgan fingerprint density at radius 1 is 1.31 bits per heavy atom. The van der Waals surface area contributed by atoms with E-state index in [-0.39, 0.29) is 0 Å². The maximum atomic E-state index is 3.56. The van der Waals surface area contributed by atoms with Gasteiger partial charge in [-0.25, -0.2) is 0 Å². The standard InChI is InChI=1S/C14H23NS/c1-12-4-6-13(7-5-12)8-9-15-11-14-3-2-10-16-14/h2-3,10,12-13,15H,4-9,11H2,1H3. The molecular weight excluding hydrogens is 214 g/mol. The van der Waals surface area contributed by atoms with Crippen LogP contribution in [-0.2, 0) is 6.54 Å². The maximum absolute atomic E-state index is 3.56. The minimum absolute atomic E-state index is 0.982. The van der Waals surface area contributed by atoms with Gasteiger partial charge in [0.25, 0.3) is 0 Å². The summed E-state index contributed by atoms with van der Waals surface area (Å²) in [7, 11) is 0. The summed E-state index contributed by atoms with van der Waals surface area (Å²) in [5, 5.41) is 5.71. The van der Waals surface area contributed by atoms with Gasteiger partial charge in [0, 0.05) is 11.4 Å². The van der Waals surface area contributed by atoms with Crippen LogP contribution in [0.3, 0.4) is 0 Å². The van der Waals surface area contributed by atoms with Crippen molar-refractivity contribution in [2.45, 2.75) is 45.6 Å². The first-order chi connectivity index (χ1) is 7.84. The summed E-state index contributed by atoms with van der Waals surface area (Å²) in [5.41, 5.74) is 0. The Morgan fingerprint density at radius 2 is 2.12 bits per heavy atom. The Balaban J connectivity index is 1.55. The molecule has 2 rings (SSSR count). The normalized spacial score (nSPS) is 25.8. The minimum Gasteiger partial charge on any atom is -0.312 e. The van der Waals surface area contributed by atoms with E-state index in [0.29, 0.717) is 0 Å². The summed E-state index contributed by atoms with van der Waals surface area (Å²) < 4.78 is 0. The Morgan fingerprint density at radius 3 is 2.81 bits per heavy atom. The van der Waals surface area contributed by atoms with E-state index in [0.717, 1.165) is 18.4 Å². The van der Waals surface area contributed by atoms with Crippen molar-refractivity contribution in [2.24, 2.45) is 11.8 Å². The Bertz CT molecular complexity index is 273. The average molecular weight is 237 g/mol. The van der Waals surface area contributed by atoms with Crippen LogP contribution in [0.15, 0.2) is 17.5 Å². The molecule has 1 N–H and O–H groups in total. The molecule has 0 spiro atoms. The second kappa shape index (κ2) is 6.41. The van der Waals surface area contributed by atoms with Crippen LogP contribution in [0.4, 0.5) is 0 Å². The van der Waals surface area contributed by atoms with E-state index in [1.807, 2.05) is 11.3 Å². The summed E-state index contributed by atoms with van der Waals surface area (Å²) in [6.07, 6.45) is 7.20. The average Bonchev–Trinajstić information content (AvgIpc) is 2.80. The Labute approximate surface area is 103 Å². The molecule has 1 aliphatic rings. The quantitative estimate of drug-likeness (QED) is 0.762. The molecule has 0 bridgehead atoms. The van der Waals surface area contributed by atoms with Crippen molar-refractivity contribution in [1.82, 2.24) is 5.32 Å². The molecule has 0 aromatic carbocycles. The highest BCUT2D eigenvalue weighted by Crippen LogP contribution is 2.29. The van der Waals surface area contributed by atoms with E-state index in [4.69, 9.17) is 0 Å². The van der Waals surface area contributed by atoms with Gasteiger partial charge in [-0.2, -0.15) is 0 Å². The summed E-state index contributed by atoms with van der Waals surface area (Å²) in [6.45, 7) is 4.64. The predicted octanol–water partition coefficient (Wildman–Crippen LogP) is 4.05. The van der Waals surface area contributed by atoms with Gasteiger partial charge in [-0.05, 0) is 36.2 Å². The molecule has 1 aromatic rings. The highest BCUT2D eigenvalue weighted by Gasteiger charge is 2.17. The second-order valence-corrected chi connectivity index (χ2v) is 6.20. The fourth-order valence-corrected chi connectivity index (χ4v) is 3.22. The molecule has 1 fully saturated rings. The zero-order valence-corrected chi connectivity index (χ0v) is 11.1. The van der Waals surface area contributed by atoms with Crippen LogP contribution in [0.1, 0.15) is 43.9 Å². The van der Waals surface area contributed by atoms with Gasteiger partial charge in [0.05, 0.1) is 0 Å². The Kier molecular flexibility index (Phi) is 4.86. The van der Waals surface area contributed by atoms with Crippen LogP contribution >= 0.6 is 11.3 Å². The zero-order valence-electron chi connectivity index (χ0n) is 10.2. The van der Waals surface area contributed by atoms with E-state index >= 15 is 0 Å². The molecule has 1 aromatic heterocycles. The van der Waals surface area contributed by atoms with E-state index in [9.17, 15) is 0 Å². The smallest absolute Gasteiger partial charge is 0.0299 e. The summed E-state index contributed by atoms with van der Waals surface area (Å²) >= 11 is 1.85. The lowest BCUT2D eigenvalue weighted by molar-refractivity contribution is 0.275. The van der Waals surface area contributed by atoms with Gasteiger partial charge in [0.2, 0.25) is 0 Å². The van der Waals surface area contributed by atoms with E-state index < -0.39 is 0 Å². The first-order valence-electron chi connectivity index (χ1n) is 6.57. The summed E-state index contributed by atoms with van der Waals surface area (Å²) in [6, 6.07) is 4.34. The zero-order chi connectivity index (χ0) is 11.2. The van der Waals surface area contributed by atoms with Crippen LogP contribution in [0.5, 0.6) is 0 Å². The molecule has 16 heavy (non-hydrogen) atoms. The lowest BCUT2D eigenvalue weighted by Crippen LogP contribution is -2.20. The lowest BCUT2D eigenvalue weighted by Gasteiger charge is -2.26. The molecule has 0 saturated heterocycles. The van der Waals surface area contributed by atoms with Crippen molar-refractivity contribution in [3.05, 3.63) is 22.4 Å². The molecule has 1 heterocycles. The van der Waals surface area contributed by atoms with Gasteiger partial charge in [-0.15, -0.1) is 11.3 Å². The van der Waals surface area contributed by atoms with Crippen molar-refractivity contribution < 1.29 is 0 Å². The third kappa shape index (κ3) is 3.91. The highest BCUT2D eigenvalue weighted by molar-refractivity contribution is 7.09. The molecule has 0 aliphatic heterocycles. The fourth-order valence-electron chi connectivity index (χ4n) is 2.55. The largest absolute Gasteiger partial charge is 0.312 e. The molecule has 0 unspecified atom stereocenters. The van der Waals surface area contributed by atoms with Gasteiger partial charge in [0.1, 0.15) is 0 Å². The molecule has 0 amide bonds. The van der Waals surface area contributed by atoms with Crippen LogP contribution < -0.4 is 5.32 Å². The number of hydrogen-bond acceptors (Lipinski definition) is 2. The van der Waals surface area contributed by atoms with Crippen molar-refractivity contribution >= 4 is 11.3 Å². The molecule has 2 heteroatoms. The number of nitrogens with one attached hydrogen (secondary N) is 1. The Hall–Kier alpha value is -0.340. The number of hydrogen-bond donors (Lipinski definition) is 1. The molecule has 0 radical (unpaired) electrons. The monoisotopic (exact) mass is 237 g/mol. The third-order valence-electron chi connectivity index (χ3n) is 3.74. The van der Waals surface area contributed by atoms with Gasteiger partial charge >= 0.3 is 0 Å². The topological polar surface area (TPSA) is 12.0 Å². The first kappa shape index (κ1) is 12.1. The molecule has 90 valence electrons. The van der Waals surface area contributed by atoms with Crippen molar-refractivity contribution in [3.8, 4) is 0 Å². The van der Waals surface area contributed by atoms with Crippen molar-refractivity contribution in [1.29, 1.82) is 0 Å². The van der Waals surface area contributed by atoms with Crippen molar-refractivity contribution in [3.63, 3.8) is 0 Å². The summed E-state index contributed by atoms with van der Waals surface area (Å²) in [5.74, 6) is 1.97. The molecule has 0 atom stereocenters. The van der Waals surface area contributed by atoms with Gasteiger partial charge in [0.15, 0.2) is 0 Å². The third-order valence-corrected chi connectivity index (χ3v) is 4.62. The highest BCUT2D eigenvalue weighted by atomic mass is 32.1. The fraction of sp³-hybridized carbons (Fsp3) is 0.714. The second-order valence-electron chi connectivity index (χ2n) is 5.17. The number of rotatable bonds is 5. The number of thiophene rings is 1. The molecular formula is C14H23NS. The van der Waals surface area contributed by atoms with E-state index in [1.54, 1.807) is 0 Å². The maximum Gasteiger partial charge on any atom is 0.0299 e. The van der Waals surface area contributed by atoms with E-state index in [1.165, 1.54) is 43.5 Å². The minimum atomic E-state index is 0.982. The van der Waals surface area contributed by atoms with Crippen molar-refractivity contribution in [2.75, 3.05) is 6.54 Å². The lowest BCUT2D eigenvalue weighted by atomic mass is 9.81. The molecule has 1 aliphatic carbocycles. The predicted molar refractivity (Wildman–Crippen MR) is 71.8 cm³/mol. The van der Waals surface area contributed by atoms with Crippen LogP contribution in [0.2, 0.25) is 0 Å². The SMILES string of the molecule is CC1CCC(CCNCc2cccs2)CC1. The molecule has 1 nitrogen and oxygen atoms in total. The van der Waals surface area contributed by atoms with Gasteiger partial charge in [-0.3, -0.25) is 0 Å². The summed E-state index contributed by atoms with van der Waals surface area (Å²) in [4.78, 5) is 1.46. The van der Waals surface area contributed by atoms with Gasteiger partial charge < -0.3 is 5.32 Å². The molecule has 1 saturated carbocycles. The van der Waals surface area contributed by atoms with Crippen LogP contribution in [0, 0.1) is 11.8 Å². The van der Waals surface area contributed by atoms with Crippen LogP contribution in [0.25, 0.3) is 0 Å². The van der Waals surface area contributed by atoms with E-state index in [2.05, 4.69) is 29.8 Å². The van der Waals surface area contributed by atoms with Gasteiger partial charge in [-0.1, -0.05) is 38.7 Å². The van der Waals surface area contributed by atoms with Crippen LogP contribution in [-0.4, -0.2) is 6.54 Å². The first-order valence-corrected chi connectivity index (χ1v) is 7.45.